The molecule has 0 radical (unpaired) electrons. The smallest absolute Gasteiger partial charge is 0.119 e. The SMILES string of the molecule is CCOc1cccc(CN2CCOCC2CNC)c1. The summed E-state index contributed by atoms with van der Waals surface area (Å²) in [4.78, 5) is 2.48. The zero-order valence-corrected chi connectivity index (χ0v) is 11.9. The lowest BCUT2D eigenvalue weighted by molar-refractivity contribution is -0.0103. The standard InChI is InChI=1S/C15H24N2O2/c1-3-19-15-6-4-5-13(9-15)11-17-7-8-18-12-14(17)10-16-2/h4-6,9,14,16H,3,7-8,10-12H2,1-2H3. The van der Waals surface area contributed by atoms with Gasteiger partial charge in [-0.1, -0.05) is 12.1 Å². The van der Waals surface area contributed by atoms with Gasteiger partial charge in [-0.2, -0.15) is 0 Å². The highest BCUT2D eigenvalue weighted by Gasteiger charge is 2.22. The number of nitrogens with one attached hydrogen (secondary N) is 1. The molecule has 106 valence electrons. The van der Waals surface area contributed by atoms with Gasteiger partial charge in [0, 0.05) is 25.7 Å². The Bertz CT molecular complexity index is 382. The van der Waals surface area contributed by atoms with Crippen molar-refractivity contribution < 1.29 is 9.47 Å². The van der Waals surface area contributed by atoms with Gasteiger partial charge in [0.1, 0.15) is 5.75 Å². The minimum atomic E-state index is 0.453. The molecule has 1 fully saturated rings. The van der Waals surface area contributed by atoms with Crippen molar-refractivity contribution in [3.8, 4) is 5.75 Å². The average molecular weight is 264 g/mol. The molecule has 1 heterocycles. The Hall–Kier alpha value is -1.10. The summed E-state index contributed by atoms with van der Waals surface area (Å²) in [6, 6.07) is 8.82. The highest BCUT2D eigenvalue weighted by atomic mass is 16.5. The van der Waals surface area contributed by atoms with Gasteiger partial charge in [-0.25, -0.2) is 0 Å². The molecular formula is C15H24N2O2. The molecule has 4 heteroatoms. The van der Waals surface area contributed by atoms with Crippen LogP contribution < -0.4 is 10.1 Å². The fourth-order valence-corrected chi connectivity index (χ4v) is 2.46. The first kappa shape index (κ1) is 14.3. The van der Waals surface area contributed by atoms with Crippen LogP contribution in [-0.4, -0.2) is 50.9 Å². The van der Waals surface area contributed by atoms with Crippen molar-refractivity contribution in [2.75, 3.05) is 40.0 Å². The van der Waals surface area contributed by atoms with E-state index in [4.69, 9.17) is 9.47 Å². The van der Waals surface area contributed by atoms with Crippen LogP contribution in [0.2, 0.25) is 0 Å². The minimum Gasteiger partial charge on any atom is -0.494 e. The van der Waals surface area contributed by atoms with Crippen molar-refractivity contribution in [2.24, 2.45) is 0 Å². The molecule has 0 bridgehead atoms. The van der Waals surface area contributed by atoms with E-state index in [-0.39, 0.29) is 0 Å². The van der Waals surface area contributed by atoms with Crippen molar-refractivity contribution in [3.63, 3.8) is 0 Å². The summed E-state index contributed by atoms with van der Waals surface area (Å²) in [6.45, 7) is 7.27. The second kappa shape index (κ2) is 7.48. The second-order valence-corrected chi connectivity index (χ2v) is 4.84. The third-order valence-corrected chi connectivity index (χ3v) is 3.38. The first-order valence-corrected chi connectivity index (χ1v) is 7.01. The number of ether oxygens (including phenoxy) is 2. The molecule has 0 amide bonds. The Morgan fingerprint density at radius 3 is 3.16 bits per heavy atom. The molecule has 4 nitrogen and oxygen atoms in total. The highest BCUT2D eigenvalue weighted by Crippen LogP contribution is 2.17. The molecule has 0 spiro atoms. The molecule has 1 N–H and O–H groups in total. The Labute approximate surface area is 115 Å². The number of rotatable bonds is 6. The summed E-state index contributed by atoms with van der Waals surface area (Å²) < 4.78 is 11.1. The summed E-state index contributed by atoms with van der Waals surface area (Å²) in [5.74, 6) is 0.957. The van der Waals surface area contributed by atoms with Crippen LogP contribution >= 0.6 is 0 Å². The van der Waals surface area contributed by atoms with E-state index in [1.54, 1.807) is 0 Å². The van der Waals surface area contributed by atoms with Crippen LogP contribution in [0.5, 0.6) is 5.75 Å². The molecule has 1 aliphatic heterocycles. The van der Waals surface area contributed by atoms with Crippen molar-refractivity contribution in [2.45, 2.75) is 19.5 Å². The van der Waals surface area contributed by atoms with E-state index in [2.05, 4.69) is 28.4 Å². The Morgan fingerprint density at radius 1 is 1.47 bits per heavy atom. The van der Waals surface area contributed by atoms with Gasteiger partial charge in [0.2, 0.25) is 0 Å². The van der Waals surface area contributed by atoms with E-state index in [1.807, 2.05) is 20.0 Å². The van der Waals surface area contributed by atoms with Gasteiger partial charge in [0.25, 0.3) is 0 Å². The number of likely N-dealkylation sites (N-methyl/N-ethyl adjacent to an activating group) is 1. The summed E-state index contributed by atoms with van der Waals surface area (Å²) in [5.41, 5.74) is 1.30. The van der Waals surface area contributed by atoms with Crippen LogP contribution in [0.4, 0.5) is 0 Å². The summed E-state index contributed by atoms with van der Waals surface area (Å²) in [5, 5.41) is 3.24. The molecule has 1 aromatic rings. The molecule has 0 saturated carbocycles. The zero-order chi connectivity index (χ0) is 13.5. The van der Waals surface area contributed by atoms with Crippen LogP contribution in [0.15, 0.2) is 24.3 Å². The van der Waals surface area contributed by atoms with Gasteiger partial charge in [-0.05, 0) is 31.7 Å². The highest BCUT2D eigenvalue weighted by molar-refractivity contribution is 5.28. The maximum absolute atomic E-state index is 5.56. The number of morpholine rings is 1. The molecule has 2 rings (SSSR count). The van der Waals surface area contributed by atoms with Crippen LogP contribution in [0, 0.1) is 0 Å². The van der Waals surface area contributed by atoms with Gasteiger partial charge in [0.15, 0.2) is 0 Å². The summed E-state index contributed by atoms with van der Waals surface area (Å²) in [6.07, 6.45) is 0. The Balaban J connectivity index is 1.99. The van der Waals surface area contributed by atoms with E-state index in [9.17, 15) is 0 Å². The van der Waals surface area contributed by atoms with Gasteiger partial charge in [-0.15, -0.1) is 0 Å². The average Bonchev–Trinajstić information content (AvgIpc) is 2.42. The third kappa shape index (κ3) is 4.20. The second-order valence-electron chi connectivity index (χ2n) is 4.84. The minimum absolute atomic E-state index is 0.453. The maximum atomic E-state index is 5.56. The lowest BCUT2D eigenvalue weighted by Crippen LogP contribution is -2.49. The van der Waals surface area contributed by atoms with E-state index < -0.39 is 0 Å². The van der Waals surface area contributed by atoms with Crippen molar-refractivity contribution in [3.05, 3.63) is 29.8 Å². The van der Waals surface area contributed by atoms with Gasteiger partial charge in [-0.3, -0.25) is 4.90 Å². The number of nitrogens with zero attached hydrogens (tertiary/aromatic N) is 1. The molecule has 1 unspecified atom stereocenters. The summed E-state index contributed by atoms with van der Waals surface area (Å²) >= 11 is 0. The molecule has 1 aromatic carbocycles. The normalized spacial score (nSPS) is 20.4. The molecule has 19 heavy (non-hydrogen) atoms. The molecule has 1 atom stereocenters. The van der Waals surface area contributed by atoms with Crippen LogP contribution in [-0.2, 0) is 11.3 Å². The lowest BCUT2D eigenvalue weighted by Gasteiger charge is -2.35. The Morgan fingerprint density at radius 2 is 2.37 bits per heavy atom. The van der Waals surface area contributed by atoms with Crippen molar-refractivity contribution in [1.82, 2.24) is 10.2 Å². The molecule has 1 saturated heterocycles. The molecule has 1 aliphatic rings. The third-order valence-electron chi connectivity index (χ3n) is 3.38. The topological polar surface area (TPSA) is 33.7 Å². The van der Waals surface area contributed by atoms with Crippen molar-refractivity contribution in [1.29, 1.82) is 0 Å². The quantitative estimate of drug-likeness (QED) is 0.844. The largest absolute Gasteiger partial charge is 0.494 e. The molecular weight excluding hydrogens is 240 g/mol. The number of benzene rings is 1. The maximum Gasteiger partial charge on any atom is 0.119 e. The number of hydrogen-bond acceptors (Lipinski definition) is 4. The Kier molecular flexibility index (Phi) is 5.63. The fourth-order valence-electron chi connectivity index (χ4n) is 2.46. The fraction of sp³-hybridized carbons (Fsp3) is 0.600. The van der Waals surface area contributed by atoms with E-state index in [1.165, 1.54) is 5.56 Å². The zero-order valence-electron chi connectivity index (χ0n) is 11.9. The van der Waals surface area contributed by atoms with Crippen LogP contribution in [0.1, 0.15) is 12.5 Å². The van der Waals surface area contributed by atoms with E-state index >= 15 is 0 Å². The first-order chi connectivity index (χ1) is 9.33. The van der Waals surface area contributed by atoms with Gasteiger partial charge < -0.3 is 14.8 Å². The predicted octanol–water partition coefficient (Wildman–Crippen LogP) is 1.51. The van der Waals surface area contributed by atoms with Crippen LogP contribution in [0.25, 0.3) is 0 Å². The lowest BCUT2D eigenvalue weighted by atomic mass is 10.1. The van der Waals surface area contributed by atoms with Crippen LogP contribution in [0.3, 0.4) is 0 Å². The number of hydrogen-bond donors (Lipinski definition) is 1. The van der Waals surface area contributed by atoms with Crippen molar-refractivity contribution >= 4 is 0 Å². The predicted molar refractivity (Wildman–Crippen MR) is 76.6 cm³/mol. The van der Waals surface area contributed by atoms with Gasteiger partial charge >= 0.3 is 0 Å². The van der Waals surface area contributed by atoms with Gasteiger partial charge in [0.05, 0.1) is 19.8 Å². The monoisotopic (exact) mass is 264 g/mol. The summed E-state index contributed by atoms with van der Waals surface area (Å²) in [7, 11) is 1.99. The first-order valence-electron chi connectivity index (χ1n) is 7.01. The molecule has 0 aliphatic carbocycles. The molecule has 0 aromatic heterocycles. The van der Waals surface area contributed by atoms with E-state index in [0.29, 0.717) is 12.6 Å². The van der Waals surface area contributed by atoms with E-state index in [0.717, 1.165) is 38.6 Å².